The molecule has 1 fully saturated rings. The highest BCUT2D eigenvalue weighted by Crippen LogP contribution is 2.26. The van der Waals surface area contributed by atoms with Crippen LogP contribution < -0.4 is 11.1 Å². The molecule has 0 aromatic rings. The van der Waals surface area contributed by atoms with Gasteiger partial charge in [-0.1, -0.05) is 20.8 Å². The third kappa shape index (κ3) is 2.74. The molecular formula is C12H24N2O2. The molecule has 1 amide bonds. The molecule has 4 nitrogen and oxygen atoms in total. The van der Waals surface area contributed by atoms with Crippen molar-refractivity contribution in [3.05, 3.63) is 0 Å². The molecule has 0 aromatic carbocycles. The summed E-state index contributed by atoms with van der Waals surface area (Å²) in [6.07, 6.45) is 0.889. The maximum atomic E-state index is 12.0. The first kappa shape index (κ1) is 13.5. The molecule has 4 heteroatoms. The predicted octanol–water partition coefficient (Wildman–Crippen LogP) is 1.04. The van der Waals surface area contributed by atoms with Crippen molar-refractivity contribution in [3.8, 4) is 0 Å². The molecule has 1 heterocycles. The van der Waals surface area contributed by atoms with E-state index in [9.17, 15) is 4.79 Å². The van der Waals surface area contributed by atoms with E-state index < -0.39 is 6.04 Å². The van der Waals surface area contributed by atoms with Crippen molar-refractivity contribution in [2.24, 2.45) is 11.1 Å². The molecule has 1 aliphatic rings. The average Bonchev–Trinajstić information content (AvgIpc) is 2.44. The number of nitrogens with two attached hydrogens (primary N) is 1. The van der Waals surface area contributed by atoms with Crippen molar-refractivity contribution in [2.45, 2.75) is 58.7 Å². The molecular weight excluding hydrogens is 204 g/mol. The second kappa shape index (κ2) is 4.34. The van der Waals surface area contributed by atoms with Gasteiger partial charge in [-0.15, -0.1) is 0 Å². The Kier molecular flexibility index (Phi) is 3.65. The molecule has 0 spiro atoms. The normalized spacial score (nSPS) is 32.5. The fraction of sp³-hybridized carbons (Fsp3) is 0.917. The van der Waals surface area contributed by atoms with Crippen LogP contribution in [0.15, 0.2) is 0 Å². The van der Waals surface area contributed by atoms with Crippen molar-refractivity contribution in [2.75, 3.05) is 6.61 Å². The van der Waals surface area contributed by atoms with Crippen LogP contribution in [-0.2, 0) is 9.53 Å². The minimum absolute atomic E-state index is 0.0450. The molecule has 1 rings (SSSR count). The first-order valence-electron chi connectivity index (χ1n) is 5.86. The minimum Gasteiger partial charge on any atom is -0.376 e. The Bertz CT molecular complexity index is 273. The largest absolute Gasteiger partial charge is 0.376 e. The molecule has 16 heavy (non-hydrogen) atoms. The van der Waals surface area contributed by atoms with Crippen molar-refractivity contribution in [1.29, 1.82) is 0 Å². The number of carbonyl (C=O) groups excluding carboxylic acids is 1. The average molecular weight is 228 g/mol. The van der Waals surface area contributed by atoms with Gasteiger partial charge in [-0.05, 0) is 25.7 Å². The summed E-state index contributed by atoms with van der Waals surface area (Å²) in [5.41, 5.74) is 5.43. The lowest BCUT2D eigenvalue weighted by atomic mass is 9.85. The van der Waals surface area contributed by atoms with E-state index in [0.717, 1.165) is 6.42 Å². The fourth-order valence-electron chi connectivity index (χ4n) is 1.75. The molecule has 1 saturated heterocycles. The SMILES string of the molecule is CC1OCCC1(C)NC(=O)C(N)C(C)(C)C. The van der Waals surface area contributed by atoms with Gasteiger partial charge in [0.2, 0.25) is 5.91 Å². The highest BCUT2D eigenvalue weighted by molar-refractivity contribution is 5.83. The van der Waals surface area contributed by atoms with Crippen molar-refractivity contribution < 1.29 is 9.53 Å². The summed E-state index contributed by atoms with van der Waals surface area (Å²) in [5.74, 6) is -0.0904. The number of hydrogen-bond acceptors (Lipinski definition) is 3. The predicted molar refractivity (Wildman–Crippen MR) is 64.0 cm³/mol. The second-order valence-electron chi connectivity index (χ2n) is 6.01. The fourth-order valence-corrected chi connectivity index (χ4v) is 1.75. The van der Waals surface area contributed by atoms with Gasteiger partial charge in [0.1, 0.15) is 0 Å². The topological polar surface area (TPSA) is 64.3 Å². The number of rotatable bonds is 2. The molecule has 0 bridgehead atoms. The lowest BCUT2D eigenvalue weighted by Crippen LogP contribution is -2.58. The summed E-state index contributed by atoms with van der Waals surface area (Å²) in [6, 6.07) is -0.489. The number of ether oxygens (including phenoxy) is 1. The first-order valence-corrected chi connectivity index (χ1v) is 5.86. The summed E-state index contributed by atoms with van der Waals surface area (Å²) in [6.45, 7) is 10.6. The van der Waals surface area contributed by atoms with E-state index in [1.54, 1.807) is 0 Å². The summed E-state index contributed by atoms with van der Waals surface area (Å²) in [7, 11) is 0. The van der Waals surface area contributed by atoms with Gasteiger partial charge in [0.05, 0.1) is 17.7 Å². The van der Waals surface area contributed by atoms with Crippen LogP contribution in [0.4, 0.5) is 0 Å². The molecule has 3 atom stereocenters. The second-order valence-corrected chi connectivity index (χ2v) is 6.01. The molecule has 0 saturated carbocycles. The van der Waals surface area contributed by atoms with E-state index in [4.69, 9.17) is 10.5 Å². The molecule has 0 aromatic heterocycles. The number of nitrogens with one attached hydrogen (secondary N) is 1. The van der Waals surface area contributed by atoms with Gasteiger partial charge >= 0.3 is 0 Å². The molecule has 0 aliphatic carbocycles. The third-order valence-electron chi connectivity index (χ3n) is 3.51. The van der Waals surface area contributed by atoms with E-state index in [1.807, 2.05) is 34.6 Å². The highest BCUT2D eigenvalue weighted by Gasteiger charge is 2.40. The minimum atomic E-state index is -0.489. The zero-order valence-corrected chi connectivity index (χ0v) is 11.0. The zero-order chi connectivity index (χ0) is 12.6. The van der Waals surface area contributed by atoms with Crippen LogP contribution >= 0.6 is 0 Å². The Morgan fingerprint density at radius 3 is 2.50 bits per heavy atom. The van der Waals surface area contributed by atoms with Gasteiger partial charge < -0.3 is 15.8 Å². The number of hydrogen-bond donors (Lipinski definition) is 2. The number of carbonyl (C=O) groups is 1. The smallest absolute Gasteiger partial charge is 0.237 e. The van der Waals surface area contributed by atoms with Crippen LogP contribution in [0.2, 0.25) is 0 Å². The lowest BCUT2D eigenvalue weighted by molar-refractivity contribution is -0.126. The monoisotopic (exact) mass is 228 g/mol. The van der Waals surface area contributed by atoms with Crippen LogP contribution in [0.1, 0.15) is 41.0 Å². The van der Waals surface area contributed by atoms with Gasteiger partial charge in [-0.25, -0.2) is 0 Å². The van der Waals surface area contributed by atoms with Crippen molar-refractivity contribution in [3.63, 3.8) is 0 Å². The Labute approximate surface area is 97.9 Å². The van der Waals surface area contributed by atoms with Crippen LogP contribution in [-0.4, -0.2) is 30.2 Å². The van der Waals surface area contributed by atoms with Crippen LogP contribution in [0, 0.1) is 5.41 Å². The zero-order valence-electron chi connectivity index (χ0n) is 11.0. The molecule has 1 aliphatic heterocycles. The Balaban J connectivity index is 2.64. The first-order chi connectivity index (χ1) is 7.17. The summed E-state index contributed by atoms with van der Waals surface area (Å²) in [5, 5.41) is 3.02. The molecule has 0 radical (unpaired) electrons. The van der Waals surface area contributed by atoms with Crippen molar-refractivity contribution >= 4 is 5.91 Å². The molecule has 94 valence electrons. The molecule has 3 N–H and O–H groups in total. The Morgan fingerprint density at radius 2 is 2.12 bits per heavy atom. The van der Waals surface area contributed by atoms with Gasteiger partial charge in [-0.2, -0.15) is 0 Å². The standard InChI is InChI=1S/C12H24N2O2/c1-8-12(5,6-7-16-8)14-10(15)9(13)11(2,3)4/h8-9H,6-7,13H2,1-5H3,(H,14,15). The van der Waals surface area contributed by atoms with E-state index >= 15 is 0 Å². The van der Waals surface area contributed by atoms with Gasteiger partial charge in [0.25, 0.3) is 0 Å². The molecule has 3 unspecified atom stereocenters. The summed E-state index contributed by atoms with van der Waals surface area (Å²) < 4.78 is 5.48. The van der Waals surface area contributed by atoms with Gasteiger partial charge in [-0.3, -0.25) is 4.79 Å². The maximum absolute atomic E-state index is 12.0. The van der Waals surface area contributed by atoms with E-state index in [0.29, 0.717) is 6.61 Å². The Morgan fingerprint density at radius 1 is 1.56 bits per heavy atom. The van der Waals surface area contributed by atoms with Crippen LogP contribution in [0.5, 0.6) is 0 Å². The summed E-state index contributed by atoms with van der Waals surface area (Å²) in [4.78, 5) is 12.0. The third-order valence-corrected chi connectivity index (χ3v) is 3.51. The quantitative estimate of drug-likeness (QED) is 0.742. The van der Waals surface area contributed by atoms with Gasteiger partial charge in [0.15, 0.2) is 0 Å². The van der Waals surface area contributed by atoms with Gasteiger partial charge in [0, 0.05) is 6.61 Å². The summed E-state index contributed by atoms with van der Waals surface area (Å²) >= 11 is 0. The van der Waals surface area contributed by atoms with Crippen LogP contribution in [0.25, 0.3) is 0 Å². The highest BCUT2D eigenvalue weighted by atomic mass is 16.5. The Hall–Kier alpha value is -0.610. The van der Waals surface area contributed by atoms with E-state index in [-0.39, 0.29) is 23.0 Å². The van der Waals surface area contributed by atoms with E-state index in [2.05, 4.69) is 5.32 Å². The van der Waals surface area contributed by atoms with E-state index in [1.165, 1.54) is 0 Å². The van der Waals surface area contributed by atoms with Crippen LogP contribution in [0.3, 0.4) is 0 Å². The maximum Gasteiger partial charge on any atom is 0.237 e. The lowest BCUT2D eigenvalue weighted by Gasteiger charge is -2.33. The number of amides is 1. The van der Waals surface area contributed by atoms with Crippen molar-refractivity contribution in [1.82, 2.24) is 5.32 Å².